The number of thiophene rings is 1. The van der Waals surface area contributed by atoms with E-state index in [0.717, 1.165) is 11.3 Å². The highest BCUT2D eigenvalue weighted by molar-refractivity contribution is 7.93. The van der Waals surface area contributed by atoms with Crippen LogP contribution in [0.3, 0.4) is 0 Å². The Bertz CT molecular complexity index is 727. The highest BCUT2D eigenvalue weighted by Crippen LogP contribution is 2.36. The van der Waals surface area contributed by atoms with Crippen LogP contribution in [0.1, 0.15) is 0 Å². The first-order chi connectivity index (χ1) is 8.79. The number of halogens is 4. The molecule has 0 atom stereocenters. The summed E-state index contributed by atoms with van der Waals surface area (Å²) in [5, 5.41) is 0.595. The van der Waals surface area contributed by atoms with Gasteiger partial charge in [-0.15, -0.1) is 11.3 Å². The fourth-order valence-corrected chi connectivity index (χ4v) is 5.02. The lowest BCUT2D eigenvalue weighted by Crippen LogP contribution is -2.12. The zero-order chi connectivity index (χ0) is 14.2. The molecular weight excluding hydrogens is 372 g/mol. The van der Waals surface area contributed by atoms with Crippen molar-refractivity contribution in [3.05, 3.63) is 43.0 Å². The molecule has 19 heavy (non-hydrogen) atoms. The molecule has 1 aromatic heterocycles. The summed E-state index contributed by atoms with van der Waals surface area (Å²) >= 11 is 24.2. The molecule has 9 heteroatoms. The summed E-state index contributed by atoms with van der Waals surface area (Å²) in [6.07, 6.45) is 0. The molecule has 0 aliphatic heterocycles. The number of nitrogens with one attached hydrogen (secondary N) is 1. The summed E-state index contributed by atoms with van der Waals surface area (Å²) in [6.45, 7) is 0. The maximum atomic E-state index is 12.1. The minimum Gasteiger partial charge on any atom is -0.278 e. The third kappa shape index (κ3) is 3.48. The fourth-order valence-electron chi connectivity index (χ4n) is 1.28. The van der Waals surface area contributed by atoms with Crippen molar-refractivity contribution in [3.8, 4) is 0 Å². The third-order valence-electron chi connectivity index (χ3n) is 2.09. The average Bonchev–Trinajstić information content (AvgIpc) is 2.63. The summed E-state index contributed by atoms with van der Waals surface area (Å²) < 4.78 is 27.0. The molecule has 1 aromatic carbocycles. The first kappa shape index (κ1) is 15.2. The van der Waals surface area contributed by atoms with Crippen LogP contribution in [-0.2, 0) is 10.0 Å². The number of hydrogen-bond donors (Lipinski definition) is 1. The fraction of sp³-hybridized carbons (Fsp3) is 0. The lowest BCUT2D eigenvalue weighted by atomic mass is 10.3. The number of hydrogen-bond acceptors (Lipinski definition) is 3. The van der Waals surface area contributed by atoms with Gasteiger partial charge in [-0.2, -0.15) is 0 Å². The molecule has 0 bridgehead atoms. The number of anilines is 1. The van der Waals surface area contributed by atoms with Crippen molar-refractivity contribution in [1.82, 2.24) is 0 Å². The van der Waals surface area contributed by atoms with Gasteiger partial charge in [0.25, 0.3) is 10.0 Å². The van der Waals surface area contributed by atoms with E-state index in [4.69, 9.17) is 46.4 Å². The van der Waals surface area contributed by atoms with Gasteiger partial charge in [0.2, 0.25) is 0 Å². The zero-order valence-electron chi connectivity index (χ0n) is 8.95. The summed E-state index contributed by atoms with van der Waals surface area (Å²) in [5.41, 5.74) is 0.212. The number of sulfonamides is 1. The second-order valence-electron chi connectivity index (χ2n) is 3.42. The molecule has 0 aliphatic carbocycles. The summed E-state index contributed by atoms with van der Waals surface area (Å²) in [4.78, 5) is -0.0878. The molecule has 1 N–H and O–H groups in total. The molecule has 0 radical (unpaired) electrons. The topological polar surface area (TPSA) is 46.2 Å². The Balaban J connectivity index is 2.39. The van der Waals surface area contributed by atoms with Gasteiger partial charge in [0.1, 0.15) is 9.23 Å². The maximum absolute atomic E-state index is 12.1. The van der Waals surface area contributed by atoms with Gasteiger partial charge < -0.3 is 0 Å². The Labute approximate surface area is 134 Å². The van der Waals surface area contributed by atoms with Gasteiger partial charge in [-0.3, -0.25) is 4.72 Å². The first-order valence-corrected chi connectivity index (χ1v) is 8.53. The summed E-state index contributed by atoms with van der Waals surface area (Å²) in [7, 11) is -3.84. The monoisotopic (exact) mass is 375 g/mol. The summed E-state index contributed by atoms with van der Waals surface area (Å²) in [5.74, 6) is 0. The Kier molecular flexibility index (Phi) is 4.55. The molecule has 1 heterocycles. The van der Waals surface area contributed by atoms with Crippen molar-refractivity contribution in [2.75, 3.05) is 4.72 Å². The van der Waals surface area contributed by atoms with Crippen LogP contribution < -0.4 is 4.72 Å². The van der Waals surface area contributed by atoms with Crippen molar-refractivity contribution < 1.29 is 8.42 Å². The smallest absolute Gasteiger partial charge is 0.264 e. The largest absolute Gasteiger partial charge is 0.278 e. The van der Waals surface area contributed by atoms with Gasteiger partial charge in [0.15, 0.2) is 0 Å². The van der Waals surface area contributed by atoms with Gasteiger partial charge in [-0.05, 0) is 24.3 Å². The van der Waals surface area contributed by atoms with E-state index < -0.39 is 10.0 Å². The molecule has 0 saturated heterocycles. The first-order valence-electron chi connectivity index (χ1n) is 4.72. The van der Waals surface area contributed by atoms with E-state index in [1.165, 1.54) is 24.3 Å². The molecule has 3 nitrogen and oxygen atoms in total. The van der Waals surface area contributed by atoms with E-state index in [1.807, 2.05) is 0 Å². The van der Waals surface area contributed by atoms with Crippen LogP contribution in [-0.4, -0.2) is 8.42 Å². The molecule has 102 valence electrons. The van der Waals surface area contributed by atoms with Gasteiger partial charge >= 0.3 is 0 Å². The quantitative estimate of drug-likeness (QED) is 0.803. The predicted octanol–water partition coefficient (Wildman–Crippen LogP) is 5.16. The van der Waals surface area contributed by atoms with Crippen molar-refractivity contribution in [1.29, 1.82) is 0 Å². The highest BCUT2D eigenvalue weighted by atomic mass is 35.5. The van der Waals surface area contributed by atoms with Crippen LogP contribution in [0.4, 0.5) is 5.69 Å². The van der Waals surface area contributed by atoms with Gasteiger partial charge in [-0.1, -0.05) is 46.4 Å². The van der Waals surface area contributed by atoms with Crippen LogP contribution in [0.25, 0.3) is 0 Å². The summed E-state index contributed by atoms with van der Waals surface area (Å²) in [6, 6.07) is 5.70. The molecule has 2 aromatic rings. The molecule has 0 unspecified atom stereocenters. The third-order valence-corrected chi connectivity index (χ3v) is 5.76. The normalized spacial score (nSPS) is 11.6. The van der Waals surface area contributed by atoms with E-state index in [2.05, 4.69) is 4.72 Å². The van der Waals surface area contributed by atoms with E-state index in [-0.39, 0.29) is 24.3 Å². The molecule has 2 rings (SSSR count). The van der Waals surface area contributed by atoms with Gasteiger partial charge in [-0.25, -0.2) is 8.42 Å². The molecule has 0 spiro atoms. The number of rotatable bonds is 3. The zero-order valence-corrected chi connectivity index (χ0v) is 13.6. The van der Waals surface area contributed by atoms with Crippen molar-refractivity contribution in [2.45, 2.75) is 4.90 Å². The van der Waals surface area contributed by atoms with Crippen molar-refractivity contribution >= 4 is 73.5 Å². The lowest BCUT2D eigenvalue weighted by molar-refractivity contribution is 0.601. The van der Waals surface area contributed by atoms with Crippen LogP contribution in [0, 0.1) is 0 Å². The molecule has 0 amide bonds. The highest BCUT2D eigenvalue weighted by Gasteiger charge is 2.22. The molecule has 0 fully saturated rings. The Morgan fingerprint density at radius 3 is 2.26 bits per heavy atom. The predicted molar refractivity (Wildman–Crippen MR) is 81.6 cm³/mol. The van der Waals surface area contributed by atoms with Crippen LogP contribution in [0.2, 0.25) is 18.7 Å². The number of benzene rings is 1. The molecule has 0 aliphatic rings. The van der Waals surface area contributed by atoms with Crippen LogP contribution in [0.15, 0.2) is 29.2 Å². The minimum absolute atomic E-state index is 0.0857. The van der Waals surface area contributed by atoms with Gasteiger partial charge in [0.05, 0.1) is 15.0 Å². The van der Waals surface area contributed by atoms with Crippen molar-refractivity contribution in [3.63, 3.8) is 0 Å². The SMILES string of the molecule is O=S(=O)(Nc1ccc(Cl)cc1Cl)c1cc(Cl)sc1Cl. The average molecular weight is 377 g/mol. The van der Waals surface area contributed by atoms with E-state index in [1.54, 1.807) is 0 Å². The second kappa shape index (κ2) is 5.68. The lowest BCUT2D eigenvalue weighted by Gasteiger charge is -2.08. The van der Waals surface area contributed by atoms with Gasteiger partial charge in [0, 0.05) is 5.02 Å². The Morgan fingerprint density at radius 1 is 1.05 bits per heavy atom. The maximum Gasteiger partial charge on any atom is 0.264 e. The van der Waals surface area contributed by atoms with E-state index >= 15 is 0 Å². The van der Waals surface area contributed by atoms with E-state index in [0.29, 0.717) is 5.02 Å². The van der Waals surface area contributed by atoms with Crippen molar-refractivity contribution in [2.24, 2.45) is 0 Å². The van der Waals surface area contributed by atoms with E-state index in [9.17, 15) is 8.42 Å². The molecule has 0 saturated carbocycles. The Hall–Kier alpha value is -0.170. The Morgan fingerprint density at radius 2 is 1.74 bits per heavy atom. The molecular formula is C10H5Cl4NO2S2. The van der Waals surface area contributed by atoms with Crippen LogP contribution >= 0.6 is 57.7 Å². The standard InChI is InChI=1S/C10H5Cl4NO2S2/c11-5-1-2-7(6(12)3-5)15-19(16,17)8-4-9(13)18-10(8)14/h1-4,15H. The van der Waals surface area contributed by atoms with Crippen LogP contribution in [0.5, 0.6) is 0 Å². The second-order valence-corrected chi connectivity index (χ2v) is 8.20. The minimum atomic E-state index is -3.84.